The monoisotopic (exact) mass is 357 g/mol. The lowest BCUT2D eigenvalue weighted by Gasteiger charge is -2.14. The van der Waals surface area contributed by atoms with E-state index in [0.717, 1.165) is 18.2 Å². The minimum atomic E-state index is -5.11. The van der Waals surface area contributed by atoms with Crippen molar-refractivity contribution in [2.75, 3.05) is 0 Å². The molecule has 0 spiro atoms. The van der Waals surface area contributed by atoms with E-state index >= 15 is 0 Å². The van der Waals surface area contributed by atoms with Gasteiger partial charge in [-0.1, -0.05) is 23.7 Å². The minimum Gasteiger partial charge on any atom is -0.744 e. The fourth-order valence-electron chi connectivity index (χ4n) is 1.74. The second-order valence-corrected chi connectivity index (χ2v) is 5.74. The van der Waals surface area contributed by atoms with Crippen LogP contribution in [0.1, 0.15) is 0 Å². The third kappa shape index (κ3) is 2.55. The third-order valence-corrected chi connectivity index (χ3v) is 4.11. The molecule has 0 saturated heterocycles. The predicted octanol–water partition coefficient (Wildman–Crippen LogP) is 3.61. The van der Waals surface area contributed by atoms with Crippen LogP contribution < -0.4 is 0 Å². The van der Waals surface area contributed by atoms with Crippen molar-refractivity contribution >= 4 is 21.7 Å². The molecule has 0 aliphatic heterocycles. The van der Waals surface area contributed by atoms with E-state index in [0.29, 0.717) is 0 Å². The summed E-state index contributed by atoms with van der Waals surface area (Å²) in [5.41, 5.74) is -2.24. The van der Waals surface area contributed by atoms with Gasteiger partial charge in [0.2, 0.25) is 5.82 Å². The van der Waals surface area contributed by atoms with Gasteiger partial charge in [-0.3, -0.25) is 0 Å². The molecule has 0 amide bonds. The van der Waals surface area contributed by atoms with Gasteiger partial charge < -0.3 is 4.55 Å². The Kier molecular flexibility index (Phi) is 4.16. The molecule has 0 saturated carbocycles. The van der Waals surface area contributed by atoms with Crippen molar-refractivity contribution in [3.8, 4) is 11.1 Å². The van der Waals surface area contributed by atoms with E-state index in [2.05, 4.69) is 0 Å². The molecule has 0 N–H and O–H groups in total. The summed E-state index contributed by atoms with van der Waals surface area (Å²) >= 11 is 5.57. The van der Waals surface area contributed by atoms with Crippen LogP contribution in [0.15, 0.2) is 23.1 Å². The Morgan fingerprint density at radius 1 is 0.864 bits per heavy atom. The molecule has 0 atom stereocenters. The molecule has 22 heavy (non-hydrogen) atoms. The summed E-state index contributed by atoms with van der Waals surface area (Å²) in [6, 6.07) is 2.43. The van der Waals surface area contributed by atoms with Crippen LogP contribution in [-0.2, 0) is 10.1 Å². The fourth-order valence-corrected chi connectivity index (χ4v) is 2.82. The van der Waals surface area contributed by atoms with Crippen molar-refractivity contribution in [2.45, 2.75) is 4.90 Å². The molecule has 3 nitrogen and oxygen atoms in total. The second kappa shape index (κ2) is 5.49. The number of benzene rings is 2. The van der Waals surface area contributed by atoms with Crippen molar-refractivity contribution in [3.63, 3.8) is 0 Å². The fraction of sp³-hybridized carbons (Fsp3) is 0. The SMILES string of the molecule is O=S(=O)([O-])c1cccc(-c2c(F)c(F)c(F)c(F)c2F)c1Cl. The van der Waals surface area contributed by atoms with Gasteiger partial charge in [-0.05, 0) is 6.07 Å². The van der Waals surface area contributed by atoms with E-state index in [4.69, 9.17) is 11.6 Å². The number of rotatable bonds is 2. The standard InChI is InChI=1S/C12H4ClF5O3S/c13-7-4(2-1-3-5(7)22(19,20)21)6-8(14)10(16)12(18)11(17)9(6)15/h1-3H,(H,19,20,21)/p-1. The smallest absolute Gasteiger partial charge is 0.200 e. The highest BCUT2D eigenvalue weighted by atomic mass is 35.5. The maximum absolute atomic E-state index is 13.7. The first-order valence-electron chi connectivity index (χ1n) is 5.33. The van der Waals surface area contributed by atoms with E-state index in [9.17, 15) is 34.9 Å². The molecule has 10 heteroatoms. The lowest BCUT2D eigenvalue weighted by atomic mass is 10.0. The first kappa shape index (κ1) is 16.7. The summed E-state index contributed by atoms with van der Waals surface area (Å²) in [6.45, 7) is 0. The molecule has 2 aromatic carbocycles. The van der Waals surface area contributed by atoms with Gasteiger partial charge >= 0.3 is 0 Å². The first-order chi connectivity index (χ1) is 10.1. The summed E-state index contributed by atoms with van der Waals surface area (Å²) in [5.74, 6) is -11.2. The Balaban J connectivity index is 2.91. The summed E-state index contributed by atoms with van der Waals surface area (Å²) in [4.78, 5) is -1.05. The van der Waals surface area contributed by atoms with Gasteiger partial charge in [0.1, 0.15) is 10.1 Å². The molecule has 0 aromatic heterocycles. The van der Waals surface area contributed by atoms with Crippen LogP contribution in [0.2, 0.25) is 5.02 Å². The van der Waals surface area contributed by atoms with Crippen LogP contribution in [0.25, 0.3) is 11.1 Å². The van der Waals surface area contributed by atoms with Gasteiger partial charge in [0.25, 0.3) is 0 Å². The van der Waals surface area contributed by atoms with Gasteiger partial charge in [0, 0.05) is 5.56 Å². The predicted molar refractivity (Wildman–Crippen MR) is 64.6 cm³/mol. The molecule has 0 unspecified atom stereocenters. The lowest BCUT2D eigenvalue weighted by Crippen LogP contribution is -2.06. The van der Waals surface area contributed by atoms with Gasteiger partial charge in [-0.15, -0.1) is 0 Å². The Hall–Kier alpha value is -1.71. The second-order valence-electron chi connectivity index (χ2n) is 4.02. The quantitative estimate of drug-likeness (QED) is 0.357. The number of hydrogen-bond acceptors (Lipinski definition) is 3. The summed E-state index contributed by atoms with van der Waals surface area (Å²) in [6.07, 6.45) is 0. The Labute approximate surface area is 125 Å². The van der Waals surface area contributed by atoms with Crippen molar-refractivity contribution in [1.82, 2.24) is 0 Å². The maximum atomic E-state index is 13.7. The third-order valence-electron chi connectivity index (χ3n) is 2.71. The highest BCUT2D eigenvalue weighted by molar-refractivity contribution is 7.85. The van der Waals surface area contributed by atoms with Crippen LogP contribution in [0.3, 0.4) is 0 Å². The molecule has 118 valence electrons. The van der Waals surface area contributed by atoms with E-state index in [1.165, 1.54) is 0 Å². The molecule has 0 fully saturated rings. The van der Waals surface area contributed by atoms with Gasteiger partial charge in [-0.2, -0.15) is 0 Å². The molecule has 0 aliphatic carbocycles. The largest absolute Gasteiger partial charge is 0.744 e. The molecule has 0 heterocycles. The van der Waals surface area contributed by atoms with Crippen molar-refractivity contribution in [2.24, 2.45) is 0 Å². The Morgan fingerprint density at radius 3 is 1.77 bits per heavy atom. The molecule has 0 radical (unpaired) electrons. The lowest BCUT2D eigenvalue weighted by molar-refractivity contribution is 0.381. The van der Waals surface area contributed by atoms with Crippen LogP contribution >= 0.6 is 11.6 Å². The van der Waals surface area contributed by atoms with E-state index < -0.39 is 60.2 Å². The Morgan fingerprint density at radius 2 is 1.32 bits per heavy atom. The maximum Gasteiger partial charge on any atom is 0.200 e. The molecule has 0 bridgehead atoms. The van der Waals surface area contributed by atoms with Gasteiger partial charge in [0.15, 0.2) is 23.3 Å². The topological polar surface area (TPSA) is 57.2 Å². The van der Waals surface area contributed by atoms with Crippen molar-refractivity contribution in [3.05, 3.63) is 52.3 Å². The minimum absolute atomic E-state index is 0.736. The molecule has 2 rings (SSSR count). The molecular weight excluding hydrogens is 355 g/mol. The highest BCUT2D eigenvalue weighted by Crippen LogP contribution is 2.38. The summed E-state index contributed by atoms with van der Waals surface area (Å²) in [7, 11) is -5.11. The normalized spacial score (nSPS) is 11.8. The van der Waals surface area contributed by atoms with Crippen molar-refractivity contribution in [1.29, 1.82) is 0 Å². The number of hydrogen-bond donors (Lipinski definition) is 0. The molecular formula is C12H3ClF5O3S-. The average Bonchev–Trinajstić information content (AvgIpc) is 2.43. The van der Waals surface area contributed by atoms with E-state index in [-0.39, 0.29) is 0 Å². The molecule has 0 aliphatic rings. The Bertz CT molecular complexity index is 854. The average molecular weight is 358 g/mol. The van der Waals surface area contributed by atoms with Gasteiger partial charge in [0.05, 0.1) is 15.5 Å². The van der Waals surface area contributed by atoms with E-state index in [1.54, 1.807) is 0 Å². The van der Waals surface area contributed by atoms with Gasteiger partial charge in [-0.25, -0.2) is 30.4 Å². The van der Waals surface area contributed by atoms with Crippen LogP contribution in [0, 0.1) is 29.1 Å². The van der Waals surface area contributed by atoms with Crippen LogP contribution in [-0.4, -0.2) is 13.0 Å². The number of halogens is 6. The van der Waals surface area contributed by atoms with E-state index in [1.807, 2.05) is 0 Å². The highest BCUT2D eigenvalue weighted by Gasteiger charge is 2.28. The summed E-state index contributed by atoms with van der Waals surface area (Å²) < 4.78 is 99.6. The first-order valence-corrected chi connectivity index (χ1v) is 7.12. The zero-order valence-corrected chi connectivity index (χ0v) is 11.7. The zero-order valence-electron chi connectivity index (χ0n) is 10.1. The van der Waals surface area contributed by atoms with Crippen molar-refractivity contribution < 1.29 is 34.9 Å². The van der Waals surface area contributed by atoms with Crippen LogP contribution in [0.5, 0.6) is 0 Å². The summed E-state index contributed by atoms with van der Waals surface area (Å²) in [5, 5.41) is -0.944. The zero-order chi connectivity index (χ0) is 16.8. The van der Waals surface area contributed by atoms with Crippen LogP contribution in [0.4, 0.5) is 22.0 Å². The molecule has 2 aromatic rings.